The van der Waals surface area contributed by atoms with E-state index in [4.69, 9.17) is 0 Å². The Labute approximate surface area is 148 Å². The molecule has 0 fully saturated rings. The number of allylic oxidation sites excluding steroid dienone is 1. The van der Waals surface area contributed by atoms with Crippen LogP contribution in [-0.4, -0.2) is 49.1 Å². The maximum absolute atomic E-state index is 11.7. The first-order valence-corrected chi connectivity index (χ1v) is 10.6. The minimum Gasteiger partial charge on any atom is -0.388 e. The molecule has 25 heavy (non-hydrogen) atoms. The molecule has 4 N–H and O–H groups in total. The van der Waals surface area contributed by atoms with Gasteiger partial charge in [-0.3, -0.25) is 14.4 Å². The lowest BCUT2D eigenvalue weighted by Gasteiger charge is -2.22. The van der Waals surface area contributed by atoms with Gasteiger partial charge in [-0.2, -0.15) is 16.8 Å². The van der Waals surface area contributed by atoms with Crippen molar-refractivity contribution in [1.29, 1.82) is 0 Å². The maximum Gasteiger partial charge on any atom is 0.281 e. The predicted molar refractivity (Wildman–Crippen MR) is 94.1 cm³/mol. The topological polar surface area (TPSA) is 141 Å². The number of aliphatic hydroxyl groups excluding tert-OH is 1. The second-order valence-corrected chi connectivity index (χ2v) is 8.66. The van der Waals surface area contributed by atoms with Gasteiger partial charge in [-0.25, -0.2) is 0 Å². The molecule has 8 nitrogen and oxygen atoms in total. The molecule has 0 heterocycles. The Morgan fingerprint density at radius 3 is 2.16 bits per heavy atom. The van der Waals surface area contributed by atoms with Gasteiger partial charge in [-0.05, 0) is 12.0 Å². The van der Waals surface area contributed by atoms with Gasteiger partial charge in [0.25, 0.3) is 20.2 Å². The normalized spacial score (nSPS) is 16.6. The maximum atomic E-state index is 11.7. The van der Waals surface area contributed by atoms with Gasteiger partial charge < -0.3 is 5.11 Å². The summed E-state index contributed by atoms with van der Waals surface area (Å²) in [7, 11) is -9.28. The van der Waals surface area contributed by atoms with Crippen molar-refractivity contribution in [3.8, 4) is 0 Å². The number of hydrogen-bond donors (Lipinski definition) is 4. The lowest BCUT2D eigenvalue weighted by molar-refractivity contribution is 0.215. The van der Waals surface area contributed by atoms with Gasteiger partial charge in [0.15, 0.2) is 0 Å². The quantitative estimate of drug-likeness (QED) is 0.342. The molecule has 0 saturated heterocycles. The largest absolute Gasteiger partial charge is 0.388 e. The van der Waals surface area contributed by atoms with Gasteiger partial charge in [-0.15, -0.1) is 0 Å². The molecule has 142 valence electrons. The molecule has 0 aliphatic heterocycles. The van der Waals surface area contributed by atoms with Crippen LogP contribution < -0.4 is 5.32 Å². The molecule has 10 heteroatoms. The molecule has 0 radical (unpaired) electrons. The number of hydrogen-bond acceptors (Lipinski definition) is 6. The first-order valence-electron chi connectivity index (χ1n) is 7.61. The Hall–Kier alpha value is -1.30. The van der Waals surface area contributed by atoms with Crippen LogP contribution in [0.1, 0.15) is 30.6 Å². The van der Waals surface area contributed by atoms with E-state index in [9.17, 15) is 31.0 Å². The van der Waals surface area contributed by atoms with Crippen LogP contribution in [0.4, 0.5) is 0 Å². The number of nitrogens with one attached hydrogen (secondary N) is 1. The van der Waals surface area contributed by atoms with Crippen LogP contribution in [0.25, 0.3) is 0 Å². The Bertz CT molecular complexity index is 760. The molecule has 0 saturated carbocycles. The highest BCUT2D eigenvalue weighted by atomic mass is 32.2. The Morgan fingerprint density at radius 2 is 1.68 bits per heavy atom. The zero-order chi connectivity index (χ0) is 19.1. The fourth-order valence-corrected chi connectivity index (χ4v) is 4.02. The van der Waals surface area contributed by atoms with E-state index in [1.165, 1.54) is 18.2 Å². The van der Waals surface area contributed by atoms with Crippen molar-refractivity contribution < 1.29 is 31.0 Å². The summed E-state index contributed by atoms with van der Waals surface area (Å²) in [6, 6.07) is 7.58. The van der Waals surface area contributed by atoms with E-state index in [-0.39, 0.29) is 12.1 Å². The van der Waals surface area contributed by atoms with E-state index in [0.717, 1.165) is 0 Å². The van der Waals surface area contributed by atoms with Gasteiger partial charge in [0.05, 0.1) is 6.10 Å². The summed E-state index contributed by atoms with van der Waals surface area (Å²) in [5.41, 5.74) is 0.187. The fourth-order valence-electron chi connectivity index (χ4n) is 2.22. The van der Waals surface area contributed by atoms with Crippen LogP contribution >= 0.6 is 0 Å². The summed E-state index contributed by atoms with van der Waals surface area (Å²) in [5.74, 6) is 0. The average molecular weight is 393 g/mol. The fraction of sp³-hybridized carbons (Fsp3) is 0.467. The van der Waals surface area contributed by atoms with E-state index in [0.29, 0.717) is 6.42 Å². The highest BCUT2D eigenvalue weighted by Crippen LogP contribution is 2.27. The van der Waals surface area contributed by atoms with Crippen molar-refractivity contribution in [3.05, 3.63) is 48.0 Å². The van der Waals surface area contributed by atoms with Crippen LogP contribution in [0.2, 0.25) is 0 Å². The third kappa shape index (κ3) is 7.63. The average Bonchev–Trinajstić information content (AvgIpc) is 2.51. The third-order valence-electron chi connectivity index (χ3n) is 3.47. The van der Waals surface area contributed by atoms with Crippen LogP contribution in [0, 0.1) is 0 Å². The highest BCUT2D eigenvalue weighted by molar-refractivity contribution is 7.87. The van der Waals surface area contributed by atoms with Crippen molar-refractivity contribution in [2.45, 2.75) is 36.5 Å². The van der Waals surface area contributed by atoms with Gasteiger partial charge in [0.2, 0.25) is 0 Å². The Morgan fingerprint density at radius 1 is 1.08 bits per heavy atom. The van der Waals surface area contributed by atoms with Crippen LogP contribution in [-0.2, 0) is 20.2 Å². The minimum atomic E-state index is -4.67. The second kappa shape index (κ2) is 9.41. The molecule has 0 aliphatic rings. The van der Waals surface area contributed by atoms with Crippen molar-refractivity contribution in [2.75, 3.05) is 6.54 Å². The molecule has 0 spiro atoms. The molecule has 1 rings (SSSR count). The van der Waals surface area contributed by atoms with E-state index in [1.807, 2.05) is 6.92 Å². The van der Waals surface area contributed by atoms with Crippen molar-refractivity contribution in [2.24, 2.45) is 0 Å². The summed E-state index contributed by atoms with van der Waals surface area (Å²) in [6.45, 7) is 1.64. The predicted octanol–water partition coefficient (Wildman–Crippen LogP) is 1.14. The SMILES string of the molecule is CC/C=C/C(O)CNC(CC(c1ccccc1)S(=O)(=O)O)S(=O)(=O)O. The number of rotatable bonds is 10. The Balaban J connectivity index is 3.01. The van der Waals surface area contributed by atoms with E-state index >= 15 is 0 Å². The van der Waals surface area contributed by atoms with Gasteiger partial charge in [-0.1, -0.05) is 49.4 Å². The standard InChI is InChI=1S/C15H23NO7S2/c1-2-3-9-13(17)11-16-15(25(21,22)23)10-14(24(18,19)20)12-7-5-4-6-8-12/h3-9,13-17H,2,10-11H2,1H3,(H,18,19,20)(H,21,22,23)/b9-3+. The molecular weight excluding hydrogens is 370 g/mol. The number of benzene rings is 1. The first-order chi connectivity index (χ1) is 11.6. The van der Waals surface area contributed by atoms with Crippen molar-refractivity contribution in [1.82, 2.24) is 5.32 Å². The molecule has 3 atom stereocenters. The monoisotopic (exact) mass is 393 g/mol. The third-order valence-corrected chi connectivity index (χ3v) is 5.73. The molecule has 0 aromatic heterocycles. The summed E-state index contributed by atoms with van der Waals surface area (Å²) in [4.78, 5) is 0. The molecular formula is C15H23NO7S2. The number of aliphatic hydroxyl groups is 1. The molecule has 1 aromatic rings. The minimum absolute atomic E-state index is 0.187. The van der Waals surface area contributed by atoms with Crippen LogP contribution in [0.5, 0.6) is 0 Å². The van der Waals surface area contributed by atoms with E-state index in [2.05, 4.69) is 5.32 Å². The lowest BCUT2D eigenvalue weighted by Crippen LogP contribution is -2.42. The Kier molecular flexibility index (Phi) is 8.19. The first kappa shape index (κ1) is 21.7. The molecule has 1 aromatic carbocycles. The van der Waals surface area contributed by atoms with Crippen molar-refractivity contribution in [3.63, 3.8) is 0 Å². The summed E-state index contributed by atoms with van der Waals surface area (Å²) in [5, 5.41) is 8.92. The molecule has 3 unspecified atom stereocenters. The lowest BCUT2D eigenvalue weighted by atomic mass is 10.1. The molecule has 0 amide bonds. The molecule has 0 aliphatic carbocycles. The van der Waals surface area contributed by atoms with Crippen LogP contribution in [0.15, 0.2) is 42.5 Å². The van der Waals surface area contributed by atoms with Crippen molar-refractivity contribution >= 4 is 20.2 Å². The highest BCUT2D eigenvalue weighted by Gasteiger charge is 2.33. The summed E-state index contributed by atoms with van der Waals surface area (Å²) >= 11 is 0. The zero-order valence-electron chi connectivity index (χ0n) is 13.7. The van der Waals surface area contributed by atoms with E-state index in [1.54, 1.807) is 24.3 Å². The van der Waals surface area contributed by atoms with Gasteiger partial charge in [0, 0.05) is 13.0 Å². The van der Waals surface area contributed by atoms with E-state index < -0.39 is 43.4 Å². The summed E-state index contributed by atoms with van der Waals surface area (Å²) in [6.07, 6.45) is 2.18. The smallest absolute Gasteiger partial charge is 0.281 e. The van der Waals surface area contributed by atoms with Crippen LogP contribution in [0.3, 0.4) is 0 Å². The van der Waals surface area contributed by atoms with Gasteiger partial charge in [0.1, 0.15) is 10.6 Å². The van der Waals surface area contributed by atoms with Gasteiger partial charge >= 0.3 is 0 Å². The molecule has 0 bridgehead atoms. The second-order valence-electron chi connectivity index (χ2n) is 5.47. The zero-order valence-corrected chi connectivity index (χ0v) is 15.3. The summed E-state index contributed by atoms with van der Waals surface area (Å²) < 4.78 is 65.3.